The summed E-state index contributed by atoms with van der Waals surface area (Å²) in [5, 5.41) is 3.92. The number of benzene rings is 3. The van der Waals surface area contributed by atoms with Crippen LogP contribution in [-0.2, 0) is 32.6 Å². The quantitative estimate of drug-likeness (QED) is 0.197. The van der Waals surface area contributed by atoms with E-state index in [2.05, 4.69) is 5.32 Å². The summed E-state index contributed by atoms with van der Waals surface area (Å²) < 4.78 is 26.7. The number of carbonyl (C=O) groups is 2. The molecule has 0 bridgehead atoms. The standard InChI is InChI=1S/C32H39Cl2N3O4S/c1-4-5-19-35-32(39)30(21-25-12-7-6-8-13-25)36(23-26-14-9-10-15-28(26)34)31(38)16-11-20-37(42(3,40)41)29-22-27(33)18-17-24(29)2/h6-10,12-15,17-18,22,30H,4-5,11,16,19-21,23H2,1-3H3,(H,35,39)/t30-/m0/s1. The Morgan fingerprint density at radius 3 is 2.31 bits per heavy atom. The van der Waals surface area contributed by atoms with Crippen LogP contribution >= 0.6 is 23.2 Å². The second-order valence-corrected chi connectivity index (χ2v) is 13.1. The smallest absolute Gasteiger partial charge is 0.243 e. The van der Waals surface area contributed by atoms with Crippen LogP contribution in [-0.4, -0.2) is 50.5 Å². The van der Waals surface area contributed by atoms with Gasteiger partial charge in [-0.3, -0.25) is 13.9 Å². The first kappa shape index (κ1) is 33.4. The third-order valence-electron chi connectivity index (χ3n) is 6.99. The van der Waals surface area contributed by atoms with E-state index >= 15 is 0 Å². The fourth-order valence-electron chi connectivity index (χ4n) is 4.70. The van der Waals surface area contributed by atoms with Gasteiger partial charge in [-0.25, -0.2) is 8.42 Å². The minimum Gasteiger partial charge on any atom is -0.354 e. The molecule has 1 atom stereocenters. The summed E-state index contributed by atoms with van der Waals surface area (Å²) in [6.45, 7) is 4.59. The Morgan fingerprint density at radius 1 is 0.952 bits per heavy atom. The van der Waals surface area contributed by atoms with Crippen LogP contribution in [0, 0.1) is 6.92 Å². The Morgan fingerprint density at radius 2 is 1.64 bits per heavy atom. The lowest BCUT2D eigenvalue weighted by Gasteiger charge is -2.32. The maximum Gasteiger partial charge on any atom is 0.243 e. The fraction of sp³-hybridized carbons (Fsp3) is 0.375. The molecule has 0 saturated heterocycles. The molecular formula is C32H39Cl2N3O4S. The van der Waals surface area contributed by atoms with Crippen molar-refractivity contribution in [1.82, 2.24) is 10.2 Å². The normalized spacial score (nSPS) is 12.0. The van der Waals surface area contributed by atoms with E-state index in [-0.39, 0.29) is 37.7 Å². The number of hydrogen-bond acceptors (Lipinski definition) is 4. The molecule has 3 rings (SSSR count). The van der Waals surface area contributed by atoms with E-state index in [4.69, 9.17) is 23.2 Å². The number of anilines is 1. The summed E-state index contributed by atoms with van der Waals surface area (Å²) in [5.41, 5.74) is 2.87. The van der Waals surface area contributed by atoms with E-state index in [0.29, 0.717) is 28.7 Å². The second kappa shape index (κ2) is 16.0. The van der Waals surface area contributed by atoms with Gasteiger partial charge in [-0.2, -0.15) is 0 Å². The van der Waals surface area contributed by atoms with E-state index in [0.717, 1.165) is 35.8 Å². The van der Waals surface area contributed by atoms with Crippen molar-refractivity contribution in [3.05, 3.63) is 99.5 Å². The predicted octanol–water partition coefficient (Wildman–Crippen LogP) is 6.40. The molecule has 0 spiro atoms. The Labute approximate surface area is 259 Å². The van der Waals surface area contributed by atoms with Crippen LogP contribution in [0.15, 0.2) is 72.8 Å². The number of nitrogens with zero attached hydrogens (tertiary/aromatic N) is 2. The number of sulfonamides is 1. The third-order valence-corrected chi connectivity index (χ3v) is 8.77. The van der Waals surface area contributed by atoms with Crippen molar-refractivity contribution in [2.45, 2.75) is 58.5 Å². The van der Waals surface area contributed by atoms with Crippen LogP contribution in [0.25, 0.3) is 0 Å². The molecule has 3 aromatic carbocycles. The Kier molecular flexibility index (Phi) is 12.7. The molecule has 0 aromatic heterocycles. The first-order chi connectivity index (χ1) is 20.0. The average molecular weight is 633 g/mol. The minimum absolute atomic E-state index is 0.0314. The van der Waals surface area contributed by atoms with Crippen LogP contribution < -0.4 is 9.62 Å². The van der Waals surface area contributed by atoms with Gasteiger partial charge < -0.3 is 10.2 Å². The predicted molar refractivity (Wildman–Crippen MR) is 171 cm³/mol. The summed E-state index contributed by atoms with van der Waals surface area (Å²) in [7, 11) is -3.64. The molecule has 7 nitrogen and oxygen atoms in total. The number of halogens is 2. The molecular weight excluding hydrogens is 593 g/mol. The van der Waals surface area contributed by atoms with Gasteiger partial charge in [0.1, 0.15) is 6.04 Å². The molecule has 0 heterocycles. The summed E-state index contributed by atoms with van der Waals surface area (Å²) >= 11 is 12.7. The van der Waals surface area contributed by atoms with E-state index in [1.165, 1.54) is 4.31 Å². The Bertz CT molecular complexity index is 1450. The molecule has 42 heavy (non-hydrogen) atoms. The van der Waals surface area contributed by atoms with Crippen molar-refractivity contribution in [2.24, 2.45) is 0 Å². The van der Waals surface area contributed by atoms with Gasteiger partial charge in [-0.05, 0) is 54.7 Å². The van der Waals surface area contributed by atoms with Crippen molar-refractivity contribution in [2.75, 3.05) is 23.7 Å². The van der Waals surface area contributed by atoms with E-state index in [1.807, 2.05) is 62.4 Å². The molecule has 10 heteroatoms. The van der Waals surface area contributed by atoms with Gasteiger partial charge in [0.05, 0.1) is 11.9 Å². The van der Waals surface area contributed by atoms with Crippen molar-refractivity contribution in [3.63, 3.8) is 0 Å². The Hall–Kier alpha value is -3.07. The van der Waals surface area contributed by atoms with E-state index in [1.54, 1.807) is 29.2 Å². The van der Waals surface area contributed by atoms with Crippen molar-refractivity contribution in [3.8, 4) is 0 Å². The molecule has 0 aliphatic heterocycles. The molecule has 0 saturated carbocycles. The van der Waals surface area contributed by atoms with Crippen molar-refractivity contribution < 1.29 is 18.0 Å². The second-order valence-electron chi connectivity index (χ2n) is 10.3. The van der Waals surface area contributed by atoms with Crippen LogP contribution in [0.1, 0.15) is 49.3 Å². The number of amides is 2. The van der Waals surface area contributed by atoms with E-state index < -0.39 is 16.1 Å². The number of hydrogen-bond donors (Lipinski definition) is 1. The lowest BCUT2D eigenvalue weighted by atomic mass is 10.0. The van der Waals surface area contributed by atoms with Gasteiger partial charge in [0, 0.05) is 42.5 Å². The lowest BCUT2D eigenvalue weighted by molar-refractivity contribution is -0.141. The maximum atomic E-state index is 13.9. The third kappa shape index (κ3) is 9.75. The number of rotatable bonds is 15. The molecule has 0 aliphatic carbocycles. The highest BCUT2D eigenvalue weighted by Crippen LogP contribution is 2.27. The highest BCUT2D eigenvalue weighted by Gasteiger charge is 2.31. The van der Waals surface area contributed by atoms with Gasteiger partial charge in [-0.15, -0.1) is 0 Å². The van der Waals surface area contributed by atoms with Gasteiger partial charge in [0.15, 0.2) is 0 Å². The highest BCUT2D eigenvalue weighted by molar-refractivity contribution is 7.92. The molecule has 0 aliphatic rings. The number of unbranched alkanes of at least 4 members (excludes halogenated alkanes) is 1. The molecule has 226 valence electrons. The summed E-state index contributed by atoms with van der Waals surface area (Å²) in [5.74, 6) is -0.502. The lowest BCUT2D eigenvalue weighted by Crippen LogP contribution is -2.50. The van der Waals surface area contributed by atoms with Gasteiger partial charge in [0.2, 0.25) is 21.8 Å². The molecule has 0 fully saturated rings. The largest absolute Gasteiger partial charge is 0.354 e. The summed E-state index contributed by atoms with van der Waals surface area (Å²) in [6, 6.07) is 21.1. The molecule has 0 radical (unpaired) electrons. The van der Waals surface area contributed by atoms with E-state index in [9.17, 15) is 18.0 Å². The van der Waals surface area contributed by atoms with Crippen LogP contribution in [0.4, 0.5) is 5.69 Å². The van der Waals surface area contributed by atoms with Gasteiger partial charge in [0.25, 0.3) is 0 Å². The molecule has 2 amide bonds. The first-order valence-corrected chi connectivity index (χ1v) is 16.7. The zero-order valence-corrected chi connectivity index (χ0v) is 26.7. The topological polar surface area (TPSA) is 86.8 Å². The molecule has 1 N–H and O–H groups in total. The SMILES string of the molecule is CCCCNC(=O)[C@H](Cc1ccccc1)N(Cc1ccccc1Cl)C(=O)CCCN(c1cc(Cl)ccc1C)S(C)(=O)=O. The van der Waals surface area contributed by atoms with Gasteiger partial charge in [-0.1, -0.05) is 91.1 Å². The molecule has 0 unspecified atom stereocenters. The monoisotopic (exact) mass is 631 g/mol. The Balaban J connectivity index is 1.90. The van der Waals surface area contributed by atoms with Gasteiger partial charge >= 0.3 is 0 Å². The number of nitrogens with one attached hydrogen (secondary N) is 1. The van der Waals surface area contributed by atoms with Crippen LogP contribution in [0.5, 0.6) is 0 Å². The maximum absolute atomic E-state index is 13.9. The average Bonchev–Trinajstić information content (AvgIpc) is 2.95. The number of carbonyl (C=O) groups excluding carboxylic acids is 2. The minimum atomic E-state index is -3.64. The van der Waals surface area contributed by atoms with Crippen molar-refractivity contribution >= 4 is 50.7 Å². The first-order valence-electron chi connectivity index (χ1n) is 14.1. The zero-order chi connectivity index (χ0) is 30.7. The number of aryl methyl sites for hydroxylation is 1. The fourth-order valence-corrected chi connectivity index (χ4v) is 6.08. The van der Waals surface area contributed by atoms with Crippen LogP contribution in [0.2, 0.25) is 10.0 Å². The highest BCUT2D eigenvalue weighted by atomic mass is 35.5. The zero-order valence-electron chi connectivity index (χ0n) is 24.4. The summed E-state index contributed by atoms with van der Waals surface area (Å²) in [6.07, 6.45) is 3.49. The summed E-state index contributed by atoms with van der Waals surface area (Å²) in [4.78, 5) is 29.1. The van der Waals surface area contributed by atoms with Crippen molar-refractivity contribution in [1.29, 1.82) is 0 Å². The van der Waals surface area contributed by atoms with Crippen LogP contribution in [0.3, 0.4) is 0 Å². The molecule has 3 aromatic rings.